The van der Waals surface area contributed by atoms with Gasteiger partial charge >= 0.3 is 0 Å². The normalized spacial score (nSPS) is 18.1. The SMILES string of the molecule is Cn1c(COc2ccc(Cl)cc2)nnc1SC1CCCCNC1=O. The number of nitrogens with zero attached hydrogens (tertiary/aromatic N) is 3. The molecule has 0 aliphatic carbocycles. The lowest BCUT2D eigenvalue weighted by Crippen LogP contribution is -2.30. The van der Waals surface area contributed by atoms with Crippen LogP contribution in [0.2, 0.25) is 5.02 Å². The molecule has 0 saturated carbocycles. The average molecular weight is 367 g/mol. The van der Waals surface area contributed by atoms with Gasteiger partial charge in [0.1, 0.15) is 12.4 Å². The second kappa shape index (κ2) is 7.90. The minimum atomic E-state index is -0.111. The number of amides is 1. The molecule has 1 N–H and O–H groups in total. The maximum Gasteiger partial charge on any atom is 0.233 e. The van der Waals surface area contributed by atoms with E-state index in [2.05, 4.69) is 15.5 Å². The van der Waals surface area contributed by atoms with Gasteiger partial charge in [-0.05, 0) is 37.1 Å². The Bertz CT molecular complexity index is 705. The molecule has 3 rings (SSSR count). The molecule has 1 aliphatic rings. The van der Waals surface area contributed by atoms with Crippen molar-refractivity contribution in [3.05, 3.63) is 35.1 Å². The van der Waals surface area contributed by atoms with E-state index in [9.17, 15) is 4.79 Å². The minimum Gasteiger partial charge on any atom is -0.486 e. The van der Waals surface area contributed by atoms with Crippen molar-refractivity contribution in [1.29, 1.82) is 0 Å². The predicted octanol–water partition coefficient (Wildman–Crippen LogP) is 2.81. The number of hydrogen-bond acceptors (Lipinski definition) is 5. The summed E-state index contributed by atoms with van der Waals surface area (Å²) in [6, 6.07) is 7.17. The van der Waals surface area contributed by atoms with Crippen molar-refractivity contribution in [2.24, 2.45) is 7.05 Å². The van der Waals surface area contributed by atoms with Gasteiger partial charge in [0.05, 0.1) is 5.25 Å². The van der Waals surface area contributed by atoms with E-state index in [-0.39, 0.29) is 11.2 Å². The monoisotopic (exact) mass is 366 g/mol. The summed E-state index contributed by atoms with van der Waals surface area (Å²) in [7, 11) is 1.89. The molecular formula is C16H19ClN4O2S. The second-order valence-corrected chi connectivity index (χ2v) is 7.20. The molecule has 0 radical (unpaired) electrons. The number of carbonyl (C=O) groups is 1. The largest absolute Gasteiger partial charge is 0.486 e. The highest BCUT2D eigenvalue weighted by atomic mass is 35.5. The van der Waals surface area contributed by atoms with E-state index in [0.29, 0.717) is 17.5 Å². The van der Waals surface area contributed by atoms with Gasteiger partial charge in [0.15, 0.2) is 11.0 Å². The Kier molecular flexibility index (Phi) is 5.63. The third-order valence-corrected chi connectivity index (χ3v) is 5.39. The molecule has 1 aliphatic heterocycles. The van der Waals surface area contributed by atoms with Crippen LogP contribution in [0.5, 0.6) is 5.75 Å². The number of thioether (sulfide) groups is 1. The number of benzene rings is 1. The van der Waals surface area contributed by atoms with Gasteiger partial charge in [-0.2, -0.15) is 0 Å². The third kappa shape index (κ3) is 4.21. The summed E-state index contributed by atoms with van der Waals surface area (Å²) < 4.78 is 7.58. The number of aromatic nitrogens is 3. The maximum absolute atomic E-state index is 12.1. The molecule has 1 aromatic carbocycles. The van der Waals surface area contributed by atoms with Crippen LogP contribution in [0.25, 0.3) is 0 Å². The Labute approximate surface area is 149 Å². The Morgan fingerprint density at radius 2 is 2.12 bits per heavy atom. The van der Waals surface area contributed by atoms with Crippen molar-refractivity contribution in [1.82, 2.24) is 20.1 Å². The molecule has 0 bridgehead atoms. The standard InChI is InChI=1S/C16H19ClN4O2S/c1-21-14(10-23-12-7-5-11(17)6-8-12)19-20-16(21)24-13-4-2-3-9-18-15(13)22/h5-8,13H,2-4,9-10H2,1H3,(H,18,22). The van der Waals surface area contributed by atoms with Crippen molar-refractivity contribution in [2.45, 2.75) is 36.3 Å². The van der Waals surface area contributed by atoms with Crippen molar-refractivity contribution in [3.8, 4) is 5.75 Å². The zero-order chi connectivity index (χ0) is 16.9. The molecule has 128 valence electrons. The molecule has 0 spiro atoms. The molecule has 1 amide bonds. The van der Waals surface area contributed by atoms with Gasteiger partial charge in [0, 0.05) is 18.6 Å². The quantitative estimate of drug-likeness (QED) is 0.881. The Morgan fingerprint density at radius 3 is 2.92 bits per heavy atom. The molecule has 1 fully saturated rings. The van der Waals surface area contributed by atoms with E-state index in [1.165, 1.54) is 11.8 Å². The first-order valence-corrected chi connectivity index (χ1v) is 9.10. The fraction of sp³-hybridized carbons (Fsp3) is 0.438. The van der Waals surface area contributed by atoms with Gasteiger partial charge in [0.25, 0.3) is 0 Å². The van der Waals surface area contributed by atoms with E-state index in [1.54, 1.807) is 12.1 Å². The van der Waals surface area contributed by atoms with Gasteiger partial charge < -0.3 is 14.6 Å². The van der Waals surface area contributed by atoms with Gasteiger partial charge in [0.2, 0.25) is 5.91 Å². The smallest absolute Gasteiger partial charge is 0.233 e. The van der Waals surface area contributed by atoms with Gasteiger partial charge in [-0.3, -0.25) is 4.79 Å². The number of halogens is 1. The fourth-order valence-corrected chi connectivity index (χ4v) is 3.61. The van der Waals surface area contributed by atoms with Crippen LogP contribution in [0.4, 0.5) is 0 Å². The third-order valence-electron chi connectivity index (χ3n) is 3.84. The average Bonchev–Trinajstić information content (AvgIpc) is 2.79. The number of hydrogen-bond donors (Lipinski definition) is 1. The first-order chi connectivity index (χ1) is 11.6. The summed E-state index contributed by atoms with van der Waals surface area (Å²) in [5.74, 6) is 1.51. The van der Waals surface area contributed by atoms with Crippen LogP contribution in [0.1, 0.15) is 25.1 Å². The van der Waals surface area contributed by atoms with Crippen LogP contribution in [0.15, 0.2) is 29.4 Å². The van der Waals surface area contributed by atoms with Crippen molar-refractivity contribution >= 4 is 29.3 Å². The van der Waals surface area contributed by atoms with E-state index >= 15 is 0 Å². The molecule has 24 heavy (non-hydrogen) atoms. The summed E-state index contributed by atoms with van der Waals surface area (Å²) >= 11 is 7.32. The van der Waals surface area contributed by atoms with E-state index in [0.717, 1.165) is 36.7 Å². The lowest BCUT2D eigenvalue weighted by Gasteiger charge is -2.12. The zero-order valence-electron chi connectivity index (χ0n) is 13.4. The van der Waals surface area contributed by atoms with Gasteiger partial charge in [-0.1, -0.05) is 29.8 Å². The van der Waals surface area contributed by atoms with Crippen molar-refractivity contribution in [3.63, 3.8) is 0 Å². The summed E-state index contributed by atoms with van der Waals surface area (Å²) in [5.41, 5.74) is 0. The van der Waals surface area contributed by atoms with Crippen LogP contribution >= 0.6 is 23.4 Å². The highest BCUT2D eigenvalue weighted by Gasteiger charge is 2.24. The topological polar surface area (TPSA) is 69.0 Å². The Morgan fingerprint density at radius 1 is 1.33 bits per heavy atom. The lowest BCUT2D eigenvalue weighted by molar-refractivity contribution is -0.120. The highest BCUT2D eigenvalue weighted by Crippen LogP contribution is 2.27. The molecule has 1 atom stereocenters. The molecule has 1 unspecified atom stereocenters. The van der Waals surface area contributed by atoms with Gasteiger partial charge in [-0.15, -0.1) is 10.2 Å². The van der Waals surface area contributed by atoms with Crippen LogP contribution < -0.4 is 10.1 Å². The van der Waals surface area contributed by atoms with E-state index in [1.807, 2.05) is 23.7 Å². The predicted molar refractivity (Wildman–Crippen MR) is 93.3 cm³/mol. The molecule has 2 heterocycles. The summed E-state index contributed by atoms with van der Waals surface area (Å²) in [4.78, 5) is 12.1. The number of rotatable bonds is 5. The minimum absolute atomic E-state index is 0.0828. The maximum atomic E-state index is 12.1. The van der Waals surface area contributed by atoms with Crippen LogP contribution in [0, 0.1) is 0 Å². The fourth-order valence-electron chi connectivity index (χ4n) is 2.40. The summed E-state index contributed by atoms with van der Waals surface area (Å²) in [5, 5.41) is 12.6. The van der Waals surface area contributed by atoms with Crippen LogP contribution in [0.3, 0.4) is 0 Å². The number of ether oxygens (including phenoxy) is 1. The van der Waals surface area contributed by atoms with Crippen molar-refractivity contribution < 1.29 is 9.53 Å². The molecule has 1 aromatic heterocycles. The lowest BCUT2D eigenvalue weighted by atomic mass is 10.2. The molecular weight excluding hydrogens is 348 g/mol. The van der Waals surface area contributed by atoms with E-state index in [4.69, 9.17) is 16.3 Å². The number of nitrogens with one attached hydrogen (secondary N) is 1. The molecule has 2 aromatic rings. The van der Waals surface area contributed by atoms with E-state index < -0.39 is 0 Å². The van der Waals surface area contributed by atoms with Gasteiger partial charge in [-0.25, -0.2) is 0 Å². The zero-order valence-corrected chi connectivity index (χ0v) is 14.9. The molecule has 8 heteroatoms. The molecule has 6 nitrogen and oxygen atoms in total. The first-order valence-electron chi connectivity index (χ1n) is 7.84. The Hall–Kier alpha value is -1.73. The first kappa shape index (κ1) is 17.1. The summed E-state index contributed by atoms with van der Waals surface area (Å²) in [6.07, 6.45) is 2.93. The number of carbonyl (C=O) groups excluding carboxylic acids is 1. The van der Waals surface area contributed by atoms with Crippen LogP contribution in [-0.2, 0) is 18.4 Å². The van der Waals surface area contributed by atoms with Crippen LogP contribution in [-0.4, -0.2) is 32.5 Å². The molecule has 1 saturated heterocycles. The second-order valence-electron chi connectivity index (χ2n) is 5.59. The highest BCUT2D eigenvalue weighted by molar-refractivity contribution is 8.00. The van der Waals surface area contributed by atoms with Crippen molar-refractivity contribution in [2.75, 3.05) is 6.54 Å². The summed E-state index contributed by atoms with van der Waals surface area (Å²) in [6.45, 7) is 1.07. The Balaban J connectivity index is 1.62.